The Balaban J connectivity index is 2.58. The lowest BCUT2D eigenvalue weighted by Gasteiger charge is -2.26. The zero-order valence-electron chi connectivity index (χ0n) is 8.48. The third-order valence-corrected chi connectivity index (χ3v) is 2.64. The smallest absolute Gasteiger partial charge is 0.253 e. The van der Waals surface area contributed by atoms with E-state index in [1.807, 2.05) is 0 Å². The number of rotatable bonds is 4. The summed E-state index contributed by atoms with van der Waals surface area (Å²) in [5, 5.41) is 9.05. The van der Waals surface area contributed by atoms with Gasteiger partial charge in [-0.05, 0) is 12.8 Å². The molecule has 0 spiro atoms. The van der Waals surface area contributed by atoms with Gasteiger partial charge in [0, 0.05) is 20.2 Å². The molecule has 2 atom stereocenters. The van der Waals surface area contributed by atoms with Crippen LogP contribution in [0.3, 0.4) is 0 Å². The molecule has 1 saturated heterocycles. The van der Waals surface area contributed by atoms with E-state index in [1.165, 1.54) is 7.11 Å². The second-order valence-corrected chi connectivity index (χ2v) is 3.47. The SMILES string of the molecule is COC(CN)C(=O)N1CCC[C@H]1CO. The van der Waals surface area contributed by atoms with Gasteiger partial charge in [0.05, 0.1) is 12.6 Å². The van der Waals surface area contributed by atoms with Crippen LogP contribution in [-0.4, -0.2) is 54.9 Å². The molecule has 3 N–H and O–H groups in total. The Hall–Kier alpha value is -0.650. The normalized spacial score (nSPS) is 23.9. The molecule has 82 valence electrons. The molecule has 1 unspecified atom stereocenters. The van der Waals surface area contributed by atoms with Gasteiger partial charge in [0.25, 0.3) is 5.91 Å². The van der Waals surface area contributed by atoms with E-state index < -0.39 is 6.10 Å². The van der Waals surface area contributed by atoms with Crippen molar-refractivity contribution in [1.82, 2.24) is 4.90 Å². The number of nitrogens with zero attached hydrogens (tertiary/aromatic N) is 1. The number of aliphatic hydroxyl groups excluding tert-OH is 1. The van der Waals surface area contributed by atoms with Crippen LogP contribution in [-0.2, 0) is 9.53 Å². The van der Waals surface area contributed by atoms with Crippen LogP contribution in [0.5, 0.6) is 0 Å². The molecule has 0 aliphatic carbocycles. The third kappa shape index (κ3) is 2.23. The number of likely N-dealkylation sites (tertiary alicyclic amines) is 1. The Morgan fingerprint density at radius 1 is 1.79 bits per heavy atom. The first kappa shape index (κ1) is 11.4. The first-order chi connectivity index (χ1) is 6.74. The topological polar surface area (TPSA) is 75.8 Å². The monoisotopic (exact) mass is 202 g/mol. The van der Waals surface area contributed by atoms with Crippen molar-refractivity contribution in [3.63, 3.8) is 0 Å². The minimum Gasteiger partial charge on any atom is -0.394 e. The average Bonchev–Trinajstić information content (AvgIpc) is 2.67. The summed E-state index contributed by atoms with van der Waals surface area (Å²) in [5.41, 5.74) is 5.40. The van der Waals surface area contributed by atoms with Gasteiger partial charge in [-0.2, -0.15) is 0 Å². The molecule has 5 nitrogen and oxygen atoms in total. The van der Waals surface area contributed by atoms with Crippen molar-refractivity contribution < 1.29 is 14.6 Å². The lowest BCUT2D eigenvalue weighted by molar-refractivity contribution is -0.142. The molecule has 0 bridgehead atoms. The molecule has 0 saturated carbocycles. The molecule has 1 fully saturated rings. The maximum Gasteiger partial charge on any atom is 0.253 e. The van der Waals surface area contributed by atoms with Gasteiger partial charge in [-0.1, -0.05) is 0 Å². The van der Waals surface area contributed by atoms with Gasteiger partial charge in [-0.25, -0.2) is 0 Å². The first-order valence-electron chi connectivity index (χ1n) is 4.88. The fraction of sp³-hybridized carbons (Fsp3) is 0.889. The van der Waals surface area contributed by atoms with Crippen LogP contribution in [0.15, 0.2) is 0 Å². The molecular formula is C9H18N2O3. The second-order valence-electron chi connectivity index (χ2n) is 3.47. The number of hydrogen-bond acceptors (Lipinski definition) is 4. The number of hydrogen-bond donors (Lipinski definition) is 2. The van der Waals surface area contributed by atoms with E-state index in [0.29, 0.717) is 6.54 Å². The summed E-state index contributed by atoms with van der Waals surface area (Å²) in [6.45, 7) is 0.903. The zero-order valence-corrected chi connectivity index (χ0v) is 8.48. The number of ether oxygens (including phenoxy) is 1. The zero-order chi connectivity index (χ0) is 10.6. The standard InChI is InChI=1S/C9H18N2O3/c1-14-8(5-10)9(13)11-4-2-3-7(11)6-12/h7-8,12H,2-6,10H2,1H3/t7-,8?/m0/s1. The van der Waals surface area contributed by atoms with Gasteiger partial charge in [0.1, 0.15) is 6.10 Å². The van der Waals surface area contributed by atoms with Gasteiger partial charge in [0.2, 0.25) is 0 Å². The van der Waals surface area contributed by atoms with Crippen molar-refractivity contribution in [2.75, 3.05) is 26.8 Å². The molecule has 1 heterocycles. The highest BCUT2D eigenvalue weighted by atomic mass is 16.5. The van der Waals surface area contributed by atoms with Crippen molar-refractivity contribution in [2.45, 2.75) is 25.0 Å². The van der Waals surface area contributed by atoms with Crippen molar-refractivity contribution in [3.8, 4) is 0 Å². The molecule has 14 heavy (non-hydrogen) atoms. The van der Waals surface area contributed by atoms with Gasteiger partial charge < -0.3 is 20.5 Å². The fourth-order valence-electron chi connectivity index (χ4n) is 1.80. The molecule has 0 aromatic carbocycles. The third-order valence-electron chi connectivity index (χ3n) is 2.64. The van der Waals surface area contributed by atoms with Crippen LogP contribution >= 0.6 is 0 Å². The number of carbonyl (C=O) groups is 1. The molecule has 1 aliphatic heterocycles. The quantitative estimate of drug-likeness (QED) is 0.609. The highest BCUT2D eigenvalue weighted by molar-refractivity contribution is 5.81. The number of amides is 1. The van der Waals surface area contributed by atoms with Gasteiger partial charge in [-0.15, -0.1) is 0 Å². The number of carbonyl (C=O) groups excluding carboxylic acids is 1. The van der Waals surface area contributed by atoms with E-state index in [1.54, 1.807) is 4.90 Å². The Bertz CT molecular complexity index is 194. The molecule has 0 aromatic heterocycles. The summed E-state index contributed by atoms with van der Waals surface area (Å²) in [7, 11) is 1.47. The van der Waals surface area contributed by atoms with Gasteiger partial charge >= 0.3 is 0 Å². The summed E-state index contributed by atoms with van der Waals surface area (Å²) in [5.74, 6) is -0.105. The minimum absolute atomic E-state index is 0.0206. The summed E-state index contributed by atoms with van der Waals surface area (Å²) >= 11 is 0. The van der Waals surface area contributed by atoms with E-state index >= 15 is 0 Å². The van der Waals surface area contributed by atoms with Crippen LogP contribution in [0.25, 0.3) is 0 Å². The fourth-order valence-corrected chi connectivity index (χ4v) is 1.80. The highest BCUT2D eigenvalue weighted by Crippen LogP contribution is 2.17. The summed E-state index contributed by atoms with van der Waals surface area (Å²) in [4.78, 5) is 13.5. The lowest BCUT2D eigenvalue weighted by Crippen LogP contribution is -2.46. The predicted molar refractivity (Wildman–Crippen MR) is 51.7 cm³/mol. The van der Waals surface area contributed by atoms with E-state index in [-0.39, 0.29) is 25.1 Å². The molecular weight excluding hydrogens is 184 g/mol. The number of aliphatic hydroxyl groups is 1. The molecule has 0 aromatic rings. The van der Waals surface area contributed by atoms with Crippen LogP contribution in [0.4, 0.5) is 0 Å². The van der Waals surface area contributed by atoms with Crippen molar-refractivity contribution in [2.24, 2.45) is 5.73 Å². The van der Waals surface area contributed by atoms with Crippen LogP contribution < -0.4 is 5.73 Å². The van der Waals surface area contributed by atoms with Crippen LogP contribution in [0, 0.1) is 0 Å². The van der Waals surface area contributed by atoms with E-state index in [0.717, 1.165) is 12.8 Å². The Labute approximate surface area is 83.8 Å². The molecule has 1 rings (SSSR count). The van der Waals surface area contributed by atoms with E-state index in [4.69, 9.17) is 15.6 Å². The van der Waals surface area contributed by atoms with Crippen LogP contribution in [0.1, 0.15) is 12.8 Å². The largest absolute Gasteiger partial charge is 0.394 e. The molecule has 1 amide bonds. The van der Waals surface area contributed by atoms with Crippen molar-refractivity contribution in [3.05, 3.63) is 0 Å². The predicted octanol–water partition coefficient (Wildman–Crippen LogP) is -1.06. The van der Waals surface area contributed by atoms with Gasteiger partial charge in [0.15, 0.2) is 0 Å². The highest BCUT2D eigenvalue weighted by Gasteiger charge is 2.31. The Kier molecular flexibility index (Phi) is 4.31. The summed E-state index contributed by atoms with van der Waals surface area (Å²) in [6.07, 6.45) is 1.24. The number of nitrogens with two attached hydrogens (primary N) is 1. The average molecular weight is 202 g/mol. The lowest BCUT2D eigenvalue weighted by atomic mass is 10.2. The summed E-state index contributed by atoms with van der Waals surface area (Å²) < 4.78 is 4.97. The van der Waals surface area contributed by atoms with Crippen molar-refractivity contribution in [1.29, 1.82) is 0 Å². The maximum atomic E-state index is 11.8. The molecule has 1 aliphatic rings. The Morgan fingerprint density at radius 2 is 2.50 bits per heavy atom. The molecule has 5 heteroatoms. The number of methoxy groups -OCH3 is 1. The van der Waals surface area contributed by atoms with Crippen LogP contribution in [0.2, 0.25) is 0 Å². The summed E-state index contributed by atoms with van der Waals surface area (Å²) in [6, 6.07) is -0.0494. The van der Waals surface area contributed by atoms with Gasteiger partial charge in [-0.3, -0.25) is 4.79 Å². The first-order valence-corrected chi connectivity index (χ1v) is 4.88. The van der Waals surface area contributed by atoms with E-state index in [9.17, 15) is 4.79 Å². The molecule has 0 radical (unpaired) electrons. The Morgan fingerprint density at radius 3 is 3.00 bits per heavy atom. The van der Waals surface area contributed by atoms with E-state index in [2.05, 4.69) is 0 Å². The second kappa shape index (κ2) is 5.29. The minimum atomic E-state index is -0.567. The maximum absolute atomic E-state index is 11.8. The van der Waals surface area contributed by atoms with Crippen molar-refractivity contribution >= 4 is 5.91 Å².